The number of carboxylic acid groups (broad SMARTS) is 1. The minimum Gasteiger partial charge on any atom is -0.465 e. The molecule has 4 rings (SSSR count). The maximum absolute atomic E-state index is 11.7. The quantitative estimate of drug-likeness (QED) is 0.711. The first-order valence-corrected chi connectivity index (χ1v) is 11.1. The van der Waals surface area contributed by atoms with E-state index >= 15 is 0 Å². The van der Waals surface area contributed by atoms with Crippen LogP contribution >= 0.6 is 0 Å². The molecule has 1 aliphatic rings. The lowest BCUT2D eigenvalue weighted by molar-refractivity contribution is 0.150. The molecule has 1 aromatic carbocycles. The summed E-state index contributed by atoms with van der Waals surface area (Å²) in [6, 6.07) is 11.0. The van der Waals surface area contributed by atoms with Gasteiger partial charge in [0.25, 0.3) is 0 Å². The van der Waals surface area contributed by atoms with Crippen molar-refractivity contribution >= 4 is 32.4 Å². The maximum atomic E-state index is 11.7. The summed E-state index contributed by atoms with van der Waals surface area (Å²) < 4.78 is 25.5. The number of pyridine rings is 1. The van der Waals surface area contributed by atoms with Crippen LogP contribution in [0.1, 0.15) is 17.7 Å². The molecule has 150 valence electrons. The minimum absolute atomic E-state index is 0.312. The smallest absolute Gasteiger partial charge is 0.407 e. The van der Waals surface area contributed by atoms with Crippen LogP contribution in [0, 0.1) is 0 Å². The molecule has 0 fully saturated rings. The fourth-order valence-electron chi connectivity index (χ4n) is 3.53. The van der Waals surface area contributed by atoms with E-state index in [1.54, 1.807) is 12.1 Å². The predicted molar refractivity (Wildman–Crippen MR) is 111 cm³/mol. The van der Waals surface area contributed by atoms with E-state index in [9.17, 15) is 13.2 Å². The van der Waals surface area contributed by atoms with Gasteiger partial charge >= 0.3 is 6.09 Å². The zero-order chi connectivity index (χ0) is 20.6. The average molecular weight is 411 g/mol. The highest BCUT2D eigenvalue weighted by Crippen LogP contribution is 2.23. The highest BCUT2D eigenvalue weighted by Gasteiger charge is 2.17. The number of fused-ring (bicyclic) bond motifs is 1. The second kappa shape index (κ2) is 7.36. The minimum atomic E-state index is -3.23. The van der Waals surface area contributed by atoms with Crippen LogP contribution in [0.15, 0.2) is 59.8 Å². The molecule has 3 heterocycles. The Balaban J connectivity index is 1.52. The molecule has 7 nitrogen and oxygen atoms in total. The Morgan fingerprint density at radius 1 is 1.21 bits per heavy atom. The van der Waals surface area contributed by atoms with Gasteiger partial charge in [-0.2, -0.15) is 0 Å². The third kappa shape index (κ3) is 4.02. The molecule has 0 unspecified atom stereocenters. The predicted octanol–water partition coefficient (Wildman–Crippen LogP) is 3.26. The van der Waals surface area contributed by atoms with Crippen LogP contribution in [0.2, 0.25) is 0 Å². The summed E-state index contributed by atoms with van der Waals surface area (Å²) in [5.41, 5.74) is 3.96. The van der Waals surface area contributed by atoms with E-state index < -0.39 is 15.9 Å². The lowest BCUT2D eigenvalue weighted by Crippen LogP contribution is -2.33. The molecule has 0 aliphatic carbocycles. The van der Waals surface area contributed by atoms with Crippen LogP contribution in [0.3, 0.4) is 0 Å². The summed E-state index contributed by atoms with van der Waals surface area (Å²) in [6.45, 7) is 1.47. The highest BCUT2D eigenvalue weighted by molar-refractivity contribution is 7.90. The second-order valence-electron chi connectivity index (χ2n) is 7.18. The molecule has 0 spiro atoms. The molecule has 3 aromatic rings. The van der Waals surface area contributed by atoms with Crippen molar-refractivity contribution in [3.63, 3.8) is 0 Å². The van der Waals surface area contributed by atoms with Gasteiger partial charge in [0.2, 0.25) is 0 Å². The molecule has 0 saturated carbocycles. The van der Waals surface area contributed by atoms with E-state index in [0.29, 0.717) is 31.0 Å². The lowest BCUT2D eigenvalue weighted by atomic mass is 10.0. The first-order valence-electron chi connectivity index (χ1n) is 9.22. The van der Waals surface area contributed by atoms with Crippen LogP contribution in [-0.4, -0.2) is 53.4 Å². The molecule has 0 saturated heterocycles. The fourth-order valence-corrected chi connectivity index (χ4v) is 4.19. The SMILES string of the molecule is CS(=O)(=O)c1ccc2c(ccn2Cc2ccc(C3=CCN(C(=O)O)CC3)cn2)c1. The molecular formula is C21H21N3O4S. The molecule has 1 aliphatic heterocycles. The molecule has 8 heteroatoms. The molecular weight excluding hydrogens is 390 g/mol. The Morgan fingerprint density at radius 3 is 2.66 bits per heavy atom. The summed E-state index contributed by atoms with van der Waals surface area (Å²) in [5, 5.41) is 9.91. The zero-order valence-electron chi connectivity index (χ0n) is 15.9. The second-order valence-corrected chi connectivity index (χ2v) is 9.20. The molecule has 1 amide bonds. The summed E-state index contributed by atoms with van der Waals surface area (Å²) >= 11 is 0. The van der Waals surface area contributed by atoms with Gasteiger partial charge < -0.3 is 14.6 Å². The fraction of sp³-hybridized carbons (Fsp3) is 0.238. The van der Waals surface area contributed by atoms with Crippen LogP contribution in [0.5, 0.6) is 0 Å². The molecule has 0 atom stereocenters. The third-order valence-corrected chi connectivity index (χ3v) is 6.29. The monoisotopic (exact) mass is 411 g/mol. The normalized spacial score (nSPS) is 14.8. The number of rotatable bonds is 4. The van der Waals surface area contributed by atoms with Crippen molar-refractivity contribution in [2.75, 3.05) is 19.3 Å². The molecule has 29 heavy (non-hydrogen) atoms. The zero-order valence-corrected chi connectivity index (χ0v) is 16.8. The number of carbonyl (C=O) groups is 1. The Kier molecular flexibility index (Phi) is 4.87. The van der Waals surface area contributed by atoms with Crippen molar-refractivity contribution in [3.05, 3.63) is 66.1 Å². The number of hydrogen-bond acceptors (Lipinski definition) is 4. The summed E-state index contributed by atoms with van der Waals surface area (Å²) in [7, 11) is -3.23. The van der Waals surface area contributed by atoms with Gasteiger partial charge in [0.15, 0.2) is 9.84 Å². The topological polar surface area (TPSA) is 92.5 Å². The van der Waals surface area contributed by atoms with Crippen molar-refractivity contribution in [2.45, 2.75) is 17.9 Å². The number of amides is 1. The van der Waals surface area contributed by atoms with Gasteiger partial charge in [-0.3, -0.25) is 4.98 Å². The molecule has 0 bridgehead atoms. The van der Waals surface area contributed by atoms with Gasteiger partial charge in [-0.05, 0) is 47.9 Å². The van der Waals surface area contributed by atoms with Crippen LogP contribution in [0.25, 0.3) is 16.5 Å². The van der Waals surface area contributed by atoms with E-state index in [1.165, 1.54) is 11.2 Å². The van der Waals surface area contributed by atoms with Crippen LogP contribution in [0.4, 0.5) is 4.79 Å². The van der Waals surface area contributed by atoms with Crippen molar-refractivity contribution < 1.29 is 18.3 Å². The first kappa shape index (κ1) is 19.2. The van der Waals surface area contributed by atoms with E-state index in [-0.39, 0.29) is 0 Å². The number of sulfone groups is 1. The Labute approximate surface area is 168 Å². The Morgan fingerprint density at radius 2 is 2.03 bits per heavy atom. The Bertz CT molecular complexity index is 1210. The van der Waals surface area contributed by atoms with Gasteiger partial charge in [-0.25, -0.2) is 13.2 Å². The largest absolute Gasteiger partial charge is 0.465 e. The summed E-state index contributed by atoms with van der Waals surface area (Å²) in [5.74, 6) is 0. The van der Waals surface area contributed by atoms with Crippen molar-refractivity contribution in [1.82, 2.24) is 14.5 Å². The van der Waals surface area contributed by atoms with Gasteiger partial charge in [-0.1, -0.05) is 12.1 Å². The summed E-state index contributed by atoms with van der Waals surface area (Å²) in [4.78, 5) is 17.3. The number of hydrogen-bond donors (Lipinski definition) is 1. The lowest BCUT2D eigenvalue weighted by Gasteiger charge is -2.23. The summed E-state index contributed by atoms with van der Waals surface area (Å²) in [6.07, 6.45) is 6.68. The average Bonchev–Trinajstić information content (AvgIpc) is 3.10. The van der Waals surface area contributed by atoms with Gasteiger partial charge in [0.1, 0.15) is 0 Å². The van der Waals surface area contributed by atoms with Crippen molar-refractivity contribution in [2.24, 2.45) is 0 Å². The van der Waals surface area contributed by atoms with Crippen LogP contribution in [-0.2, 0) is 16.4 Å². The van der Waals surface area contributed by atoms with Crippen molar-refractivity contribution in [3.8, 4) is 0 Å². The standard InChI is InChI=1S/C21H21N3O4S/c1-29(27,28)19-4-5-20-16(12-19)8-11-24(20)14-18-3-2-17(13-22-18)15-6-9-23(10-7-15)21(25)26/h2-6,8,11-13H,7,9-10,14H2,1H3,(H,25,26). The number of nitrogens with zero attached hydrogens (tertiary/aromatic N) is 3. The van der Waals surface area contributed by atoms with Crippen LogP contribution < -0.4 is 0 Å². The van der Waals surface area contributed by atoms with Gasteiger partial charge in [0.05, 0.1) is 17.1 Å². The Hall–Kier alpha value is -3.13. The molecule has 2 aromatic heterocycles. The van der Waals surface area contributed by atoms with Gasteiger partial charge in [-0.15, -0.1) is 0 Å². The molecule has 1 N–H and O–H groups in total. The highest BCUT2D eigenvalue weighted by atomic mass is 32.2. The van der Waals surface area contributed by atoms with Gasteiger partial charge in [0, 0.05) is 42.6 Å². The van der Waals surface area contributed by atoms with E-state index in [1.807, 2.05) is 47.3 Å². The molecule has 0 radical (unpaired) electrons. The maximum Gasteiger partial charge on any atom is 0.407 e. The number of benzene rings is 1. The number of aromatic nitrogens is 2. The van der Waals surface area contributed by atoms with E-state index in [2.05, 4.69) is 4.98 Å². The third-order valence-electron chi connectivity index (χ3n) is 5.18. The first-order chi connectivity index (χ1) is 13.8. The van der Waals surface area contributed by atoms with E-state index in [4.69, 9.17) is 5.11 Å². The van der Waals surface area contributed by atoms with E-state index in [0.717, 1.165) is 27.7 Å². The van der Waals surface area contributed by atoms with Crippen molar-refractivity contribution in [1.29, 1.82) is 0 Å².